The predicted octanol–water partition coefficient (Wildman–Crippen LogP) is 3.17. The Morgan fingerprint density at radius 1 is 1.09 bits per heavy atom. The lowest BCUT2D eigenvalue weighted by Gasteiger charge is -2.08. The standard InChI is InChI=1S/C16H20N4O2/c1-22-11-5-10-17-14-8-9-15(18-12-14)20-16(21)19-13-6-3-2-4-7-13/h2-4,6-9,12,17H,5,10-11H2,1H3,(H2,18,19,20,21). The molecule has 0 bridgehead atoms. The molecule has 0 saturated heterocycles. The zero-order valence-corrected chi connectivity index (χ0v) is 12.5. The molecule has 2 aromatic rings. The zero-order chi connectivity index (χ0) is 15.6. The highest BCUT2D eigenvalue weighted by molar-refractivity contribution is 5.99. The van der Waals surface area contributed by atoms with E-state index in [0.717, 1.165) is 30.9 Å². The second-order valence-electron chi connectivity index (χ2n) is 4.65. The minimum atomic E-state index is -0.320. The maximum atomic E-state index is 11.8. The van der Waals surface area contributed by atoms with Crippen LogP contribution < -0.4 is 16.0 Å². The minimum absolute atomic E-state index is 0.320. The molecule has 0 radical (unpaired) electrons. The molecule has 6 nitrogen and oxygen atoms in total. The molecule has 3 N–H and O–H groups in total. The molecule has 0 aliphatic carbocycles. The predicted molar refractivity (Wildman–Crippen MR) is 88.3 cm³/mol. The number of urea groups is 1. The fourth-order valence-electron chi connectivity index (χ4n) is 1.82. The number of ether oxygens (including phenoxy) is 1. The van der Waals surface area contributed by atoms with Gasteiger partial charge in [0.15, 0.2) is 0 Å². The number of anilines is 3. The summed E-state index contributed by atoms with van der Waals surface area (Å²) in [5, 5.41) is 8.65. The SMILES string of the molecule is COCCCNc1ccc(NC(=O)Nc2ccccc2)nc1. The van der Waals surface area contributed by atoms with E-state index in [0.29, 0.717) is 5.82 Å². The highest BCUT2D eigenvalue weighted by atomic mass is 16.5. The van der Waals surface area contributed by atoms with Crippen LogP contribution in [0, 0.1) is 0 Å². The van der Waals surface area contributed by atoms with E-state index in [1.54, 1.807) is 19.4 Å². The number of carbonyl (C=O) groups excluding carboxylic acids is 1. The fraction of sp³-hybridized carbons (Fsp3) is 0.250. The van der Waals surface area contributed by atoms with Crippen molar-refractivity contribution in [3.8, 4) is 0 Å². The van der Waals surface area contributed by atoms with Crippen LogP contribution in [0.5, 0.6) is 0 Å². The number of benzene rings is 1. The molecule has 0 aliphatic rings. The molecule has 1 heterocycles. The number of amides is 2. The normalized spacial score (nSPS) is 10.0. The Balaban J connectivity index is 1.79. The number of methoxy groups -OCH3 is 1. The van der Waals surface area contributed by atoms with Gasteiger partial charge < -0.3 is 15.4 Å². The Morgan fingerprint density at radius 2 is 1.91 bits per heavy atom. The maximum absolute atomic E-state index is 11.8. The quantitative estimate of drug-likeness (QED) is 0.687. The summed E-state index contributed by atoms with van der Waals surface area (Å²) in [6.07, 6.45) is 2.61. The first-order valence-electron chi connectivity index (χ1n) is 7.10. The first-order valence-corrected chi connectivity index (χ1v) is 7.10. The number of carbonyl (C=O) groups is 1. The largest absolute Gasteiger partial charge is 0.385 e. The summed E-state index contributed by atoms with van der Waals surface area (Å²) >= 11 is 0. The lowest BCUT2D eigenvalue weighted by molar-refractivity contribution is 0.198. The van der Waals surface area contributed by atoms with E-state index < -0.39 is 0 Å². The Bertz CT molecular complexity index is 572. The number of hydrogen-bond donors (Lipinski definition) is 3. The number of rotatable bonds is 7. The van der Waals surface area contributed by atoms with Crippen molar-refractivity contribution >= 4 is 23.2 Å². The second-order valence-corrected chi connectivity index (χ2v) is 4.65. The molecule has 1 aromatic carbocycles. The number of nitrogens with zero attached hydrogens (tertiary/aromatic N) is 1. The summed E-state index contributed by atoms with van der Waals surface area (Å²) in [6.45, 7) is 1.54. The van der Waals surface area contributed by atoms with Crippen LogP contribution in [-0.4, -0.2) is 31.3 Å². The van der Waals surface area contributed by atoms with Gasteiger partial charge in [-0.25, -0.2) is 9.78 Å². The molecular formula is C16H20N4O2. The van der Waals surface area contributed by atoms with Crippen LogP contribution in [-0.2, 0) is 4.74 Å². The Morgan fingerprint density at radius 3 is 2.59 bits per heavy atom. The van der Waals surface area contributed by atoms with Gasteiger partial charge >= 0.3 is 6.03 Å². The molecule has 116 valence electrons. The molecule has 0 saturated carbocycles. The molecule has 0 spiro atoms. The van der Waals surface area contributed by atoms with Gasteiger partial charge in [0.2, 0.25) is 0 Å². The highest BCUT2D eigenvalue weighted by Gasteiger charge is 2.03. The van der Waals surface area contributed by atoms with Crippen LogP contribution >= 0.6 is 0 Å². The zero-order valence-electron chi connectivity index (χ0n) is 12.5. The third-order valence-corrected chi connectivity index (χ3v) is 2.89. The lowest BCUT2D eigenvalue weighted by atomic mass is 10.3. The summed E-state index contributed by atoms with van der Waals surface area (Å²) in [6, 6.07) is 12.6. The smallest absolute Gasteiger partial charge is 0.324 e. The monoisotopic (exact) mass is 300 g/mol. The van der Waals surface area contributed by atoms with Crippen molar-refractivity contribution in [2.24, 2.45) is 0 Å². The second kappa shape index (κ2) is 8.63. The summed E-state index contributed by atoms with van der Waals surface area (Å²) in [5.41, 5.74) is 1.64. The maximum Gasteiger partial charge on any atom is 0.324 e. The van der Waals surface area contributed by atoms with Gasteiger partial charge in [0.25, 0.3) is 0 Å². The first-order chi connectivity index (χ1) is 10.8. The van der Waals surface area contributed by atoms with Crippen LogP contribution in [0.3, 0.4) is 0 Å². The molecule has 0 unspecified atom stereocenters. The fourth-order valence-corrected chi connectivity index (χ4v) is 1.82. The average molecular weight is 300 g/mol. The molecule has 22 heavy (non-hydrogen) atoms. The molecule has 6 heteroatoms. The van der Waals surface area contributed by atoms with Gasteiger partial charge in [-0.2, -0.15) is 0 Å². The van der Waals surface area contributed by atoms with E-state index >= 15 is 0 Å². The van der Waals surface area contributed by atoms with Crippen LogP contribution in [0.4, 0.5) is 22.0 Å². The summed E-state index contributed by atoms with van der Waals surface area (Å²) in [5.74, 6) is 0.496. The Kier molecular flexibility index (Phi) is 6.19. The van der Waals surface area contributed by atoms with Crippen LogP contribution in [0.25, 0.3) is 0 Å². The number of aromatic nitrogens is 1. The van der Waals surface area contributed by atoms with Crippen LogP contribution in [0.15, 0.2) is 48.7 Å². The summed E-state index contributed by atoms with van der Waals surface area (Å²) < 4.78 is 4.98. The van der Waals surface area contributed by atoms with Gasteiger partial charge in [-0.05, 0) is 30.7 Å². The molecule has 0 aliphatic heterocycles. The number of hydrogen-bond acceptors (Lipinski definition) is 4. The molecule has 1 aromatic heterocycles. The van der Waals surface area contributed by atoms with Crippen molar-refractivity contribution in [2.75, 3.05) is 36.2 Å². The van der Waals surface area contributed by atoms with Crippen molar-refractivity contribution in [1.82, 2.24) is 4.98 Å². The van der Waals surface area contributed by atoms with E-state index in [1.807, 2.05) is 36.4 Å². The highest BCUT2D eigenvalue weighted by Crippen LogP contribution is 2.11. The van der Waals surface area contributed by atoms with E-state index in [-0.39, 0.29) is 6.03 Å². The van der Waals surface area contributed by atoms with Crippen molar-refractivity contribution in [2.45, 2.75) is 6.42 Å². The van der Waals surface area contributed by atoms with Gasteiger partial charge in [0, 0.05) is 25.9 Å². The van der Waals surface area contributed by atoms with Gasteiger partial charge in [-0.15, -0.1) is 0 Å². The average Bonchev–Trinajstić information content (AvgIpc) is 2.54. The number of pyridine rings is 1. The topological polar surface area (TPSA) is 75.3 Å². The van der Waals surface area contributed by atoms with Crippen molar-refractivity contribution in [3.63, 3.8) is 0 Å². The summed E-state index contributed by atoms with van der Waals surface area (Å²) in [4.78, 5) is 16.0. The molecule has 0 atom stereocenters. The van der Waals surface area contributed by atoms with Crippen LogP contribution in [0.2, 0.25) is 0 Å². The van der Waals surface area contributed by atoms with Crippen molar-refractivity contribution < 1.29 is 9.53 Å². The summed E-state index contributed by atoms with van der Waals surface area (Å²) in [7, 11) is 1.68. The molecular weight excluding hydrogens is 280 g/mol. The molecule has 2 amide bonds. The van der Waals surface area contributed by atoms with E-state index in [1.165, 1.54) is 0 Å². The molecule has 2 rings (SSSR count). The van der Waals surface area contributed by atoms with Gasteiger partial charge in [-0.3, -0.25) is 5.32 Å². The van der Waals surface area contributed by atoms with Crippen LogP contribution in [0.1, 0.15) is 6.42 Å². The third kappa shape index (κ3) is 5.41. The van der Waals surface area contributed by atoms with E-state index in [9.17, 15) is 4.79 Å². The Labute approximate surface area is 129 Å². The minimum Gasteiger partial charge on any atom is -0.385 e. The number of nitrogens with one attached hydrogen (secondary N) is 3. The van der Waals surface area contributed by atoms with E-state index in [2.05, 4.69) is 20.9 Å². The van der Waals surface area contributed by atoms with Gasteiger partial charge in [-0.1, -0.05) is 18.2 Å². The van der Waals surface area contributed by atoms with Gasteiger partial charge in [0.1, 0.15) is 5.82 Å². The Hall–Kier alpha value is -2.60. The number of para-hydroxylation sites is 1. The molecule has 0 fully saturated rings. The van der Waals surface area contributed by atoms with Crippen molar-refractivity contribution in [1.29, 1.82) is 0 Å². The van der Waals surface area contributed by atoms with Crippen molar-refractivity contribution in [3.05, 3.63) is 48.7 Å². The van der Waals surface area contributed by atoms with Gasteiger partial charge in [0.05, 0.1) is 11.9 Å². The lowest BCUT2D eigenvalue weighted by Crippen LogP contribution is -2.20. The first kappa shape index (κ1) is 15.8. The third-order valence-electron chi connectivity index (χ3n) is 2.89. The van der Waals surface area contributed by atoms with E-state index in [4.69, 9.17) is 4.74 Å².